The summed E-state index contributed by atoms with van der Waals surface area (Å²) in [5.41, 5.74) is 1.13. The zero-order chi connectivity index (χ0) is 12.1. The fourth-order valence-corrected chi connectivity index (χ4v) is 7.43. The van der Waals surface area contributed by atoms with E-state index in [2.05, 4.69) is 41.2 Å². The lowest BCUT2D eigenvalue weighted by Crippen LogP contribution is -2.57. The summed E-state index contributed by atoms with van der Waals surface area (Å²) in [6.45, 7) is 7.99. The van der Waals surface area contributed by atoms with Crippen LogP contribution in [-0.4, -0.2) is 4.32 Å². The van der Waals surface area contributed by atoms with Gasteiger partial charge in [0.15, 0.2) is 0 Å². The summed E-state index contributed by atoms with van der Waals surface area (Å²) in [6.07, 6.45) is 15.2. The van der Waals surface area contributed by atoms with Crippen LogP contribution >= 0.6 is 15.9 Å². The van der Waals surface area contributed by atoms with E-state index in [1.807, 2.05) is 0 Å². The maximum Gasteiger partial charge on any atom is 0.0271 e. The summed E-state index contributed by atoms with van der Waals surface area (Å²) in [6, 6.07) is 0. The lowest BCUT2D eigenvalue weighted by atomic mass is 9.43. The van der Waals surface area contributed by atoms with Crippen molar-refractivity contribution in [1.29, 1.82) is 0 Å². The second-order valence-corrected chi connectivity index (χ2v) is 8.83. The number of hydrogen-bond acceptors (Lipinski definition) is 0. The SMILES string of the molecule is C=CCC12CC3CC(Br)(C1)CC(CC=C)(C3)C2. The molecular weight excluding hydrogens is 272 g/mol. The van der Waals surface area contributed by atoms with Gasteiger partial charge in [-0.25, -0.2) is 0 Å². The summed E-state index contributed by atoms with van der Waals surface area (Å²) < 4.78 is 0.443. The lowest BCUT2D eigenvalue weighted by molar-refractivity contribution is -0.0914. The predicted molar refractivity (Wildman–Crippen MR) is 77.3 cm³/mol. The molecular formula is C16H23Br. The molecule has 0 aromatic rings. The van der Waals surface area contributed by atoms with Crippen molar-refractivity contribution in [1.82, 2.24) is 0 Å². The molecule has 94 valence electrons. The van der Waals surface area contributed by atoms with Gasteiger partial charge in [-0.05, 0) is 68.1 Å². The molecule has 0 heterocycles. The van der Waals surface area contributed by atoms with Crippen LogP contribution in [0.15, 0.2) is 25.3 Å². The van der Waals surface area contributed by atoms with Crippen molar-refractivity contribution >= 4 is 15.9 Å². The van der Waals surface area contributed by atoms with E-state index in [4.69, 9.17) is 0 Å². The zero-order valence-electron chi connectivity index (χ0n) is 10.7. The van der Waals surface area contributed by atoms with Crippen molar-refractivity contribution in [3.05, 3.63) is 25.3 Å². The first kappa shape index (κ1) is 12.0. The number of halogens is 1. The molecule has 4 aliphatic carbocycles. The molecule has 0 nitrogen and oxygen atoms in total. The molecule has 4 rings (SSSR count). The van der Waals surface area contributed by atoms with E-state index < -0.39 is 0 Å². The fourth-order valence-electron chi connectivity index (χ4n) is 5.79. The minimum absolute atomic E-state index is 0.443. The Labute approximate surface area is 114 Å². The van der Waals surface area contributed by atoms with Gasteiger partial charge in [-0.15, -0.1) is 13.2 Å². The minimum atomic E-state index is 0.443. The smallest absolute Gasteiger partial charge is 0.0271 e. The quantitative estimate of drug-likeness (QED) is 0.491. The molecule has 1 heteroatoms. The second kappa shape index (κ2) is 3.73. The summed E-state index contributed by atoms with van der Waals surface area (Å²) in [4.78, 5) is 0. The Morgan fingerprint density at radius 3 is 1.88 bits per heavy atom. The molecule has 0 radical (unpaired) electrons. The number of hydrogen-bond donors (Lipinski definition) is 0. The Morgan fingerprint density at radius 1 is 0.941 bits per heavy atom. The van der Waals surface area contributed by atoms with Crippen LogP contribution in [0.4, 0.5) is 0 Å². The third kappa shape index (κ3) is 1.85. The molecule has 17 heavy (non-hydrogen) atoms. The normalized spacial score (nSPS) is 51.5. The Kier molecular flexibility index (Phi) is 2.63. The third-order valence-corrected chi connectivity index (χ3v) is 6.27. The highest BCUT2D eigenvalue weighted by Crippen LogP contribution is 2.70. The number of allylic oxidation sites excluding steroid dienone is 2. The Bertz CT molecular complexity index is 331. The molecule has 4 aliphatic rings. The maximum absolute atomic E-state index is 4.10. The van der Waals surface area contributed by atoms with Gasteiger partial charge in [0.05, 0.1) is 0 Å². The van der Waals surface area contributed by atoms with E-state index in [1.165, 1.54) is 51.4 Å². The lowest BCUT2D eigenvalue weighted by Gasteiger charge is -2.65. The standard InChI is InChI=1S/C16H23Br/c1-3-5-14-7-13-8-15(10-14,6-4-2)12-16(17,9-13)11-14/h3-4,13H,1-2,5-12H2. The van der Waals surface area contributed by atoms with Crippen molar-refractivity contribution < 1.29 is 0 Å². The molecule has 0 aromatic heterocycles. The van der Waals surface area contributed by atoms with Crippen molar-refractivity contribution in [3.63, 3.8) is 0 Å². The first-order valence-electron chi connectivity index (χ1n) is 6.94. The summed E-state index contributed by atoms with van der Waals surface area (Å²) >= 11 is 4.10. The van der Waals surface area contributed by atoms with Crippen LogP contribution in [0.3, 0.4) is 0 Å². The van der Waals surface area contributed by atoms with E-state index in [1.54, 1.807) is 0 Å². The maximum atomic E-state index is 4.10. The summed E-state index contributed by atoms with van der Waals surface area (Å²) in [5, 5.41) is 0. The van der Waals surface area contributed by atoms with Crippen molar-refractivity contribution in [2.45, 2.75) is 55.7 Å². The zero-order valence-corrected chi connectivity index (χ0v) is 12.3. The Hall–Kier alpha value is -0.0400. The highest BCUT2D eigenvalue weighted by molar-refractivity contribution is 9.10. The molecule has 0 aliphatic heterocycles. The molecule has 2 unspecified atom stereocenters. The van der Waals surface area contributed by atoms with Crippen LogP contribution < -0.4 is 0 Å². The van der Waals surface area contributed by atoms with Crippen molar-refractivity contribution in [2.75, 3.05) is 0 Å². The van der Waals surface area contributed by atoms with Crippen LogP contribution in [0.5, 0.6) is 0 Å². The first-order chi connectivity index (χ1) is 8.03. The molecule has 0 amide bonds. The minimum Gasteiger partial charge on any atom is -0.103 e. The summed E-state index contributed by atoms with van der Waals surface area (Å²) in [7, 11) is 0. The largest absolute Gasteiger partial charge is 0.103 e. The Morgan fingerprint density at radius 2 is 1.47 bits per heavy atom. The highest BCUT2D eigenvalue weighted by Gasteiger charge is 2.61. The van der Waals surface area contributed by atoms with Crippen LogP contribution in [-0.2, 0) is 0 Å². The van der Waals surface area contributed by atoms with E-state index in [9.17, 15) is 0 Å². The van der Waals surface area contributed by atoms with Gasteiger partial charge in [0.1, 0.15) is 0 Å². The third-order valence-electron chi connectivity index (χ3n) is 5.39. The van der Waals surface area contributed by atoms with Crippen LogP contribution in [0.1, 0.15) is 51.4 Å². The average molecular weight is 295 g/mol. The molecule has 0 N–H and O–H groups in total. The predicted octanol–water partition coefficient (Wildman–Crippen LogP) is 5.24. The van der Waals surface area contributed by atoms with E-state index in [0.717, 1.165) is 5.92 Å². The fraction of sp³-hybridized carbons (Fsp3) is 0.750. The molecule has 4 bridgehead atoms. The number of rotatable bonds is 4. The van der Waals surface area contributed by atoms with E-state index in [0.29, 0.717) is 15.2 Å². The first-order valence-corrected chi connectivity index (χ1v) is 7.73. The molecule has 0 spiro atoms. The van der Waals surface area contributed by atoms with E-state index >= 15 is 0 Å². The van der Waals surface area contributed by atoms with Gasteiger partial charge in [0.25, 0.3) is 0 Å². The van der Waals surface area contributed by atoms with Crippen molar-refractivity contribution in [3.8, 4) is 0 Å². The van der Waals surface area contributed by atoms with Gasteiger partial charge in [-0.3, -0.25) is 0 Å². The average Bonchev–Trinajstić information content (AvgIpc) is 2.12. The second-order valence-electron chi connectivity index (χ2n) is 7.15. The van der Waals surface area contributed by atoms with Crippen LogP contribution in [0.25, 0.3) is 0 Å². The molecule has 4 saturated carbocycles. The van der Waals surface area contributed by atoms with Gasteiger partial charge >= 0.3 is 0 Å². The highest BCUT2D eigenvalue weighted by atomic mass is 79.9. The summed E-state index contributed by atoms with van der Waals surface area (Å²) in [5.74, 6) is 0.950. The van der Waals surface area contributed by atoms with Crippen molar-refractivity contribution in [2.24, 2.45) is 16.7 Å². The van der Waals surface area contributed by atoms with E-state index in [-0.39, 0.29) is 0 Å². The number of alkyl halides is 1. The monoisotopic (exact) mass is 294 g/mol. The molecule has 2 atom stereocenters. The van der Waals surface area contributed by atoms with Gasteiger partial charge in [0, 0.05) is 4.32 Å². The van der Waals surface area contributed by atoms with Gasteiger partial charge in [-0.2, -0.15) is 0 Å². The van der Waals surface area contributed by atoms with Crippen LogP contribution in [0, 0.1) is 16.7 Å². The molecule has 4 fully saturated rings. The molecule has 0 saturated heterocycles. The molecule has 0 aromatic carbocycles. The van der Waals surface area contributed by atoms with Gasteiger partial charge in [-0.1, -0.05) is 28.1 Å². The van der Waals surface area contributed by atoms with Gasteiger partial charge < -0.3 is 0 Å². The van der Waals surface area contributed by atoms with Gasteiger partial charge in [0.2, 0.25) is 0 Å². The topological polar surface area (TPSA) is 0 Å². The van der Waals surface area contributed by atoms with Crippen LogP contribution in [0.2, 0.25) is 0 Å². The Balaban J connectivity index is 1.96.